The lowest BCUT2D eigenvalue weighted by molar-refractivity contribution is -0.143. The van der Waals surface area contributed by atoms with E-state index in [1.54, 1.807) is 13.8 Å². The van der Waals surface area contributed by atoms with Crippen LogP contribution in [0.4, 0.5) is 0 Å². The van der Waals surface area contributed by atoms with Crippen molar-refractivity contribution in [1.29, 1.82) is 0 Å². The van der Waals surface area contributed by atoms with E-state index in [0.29, 0.717) is 18.4 Å². The lowest BCUT2D eigenvalue weighted by Crippen LogP contribution is -2.34. The van der Waals surface area contributed by atoms with Crippen molar-refractivity contribution in [3.8, 4) is 0 Å². The highest BCUT2D eigenvalue weighted by Gasteiger charge is 2.20. The molecule has 1 rings (SSSR count). The van der Waals surface area contributed by atoms with E-state index in [2.05, 4.69) is 10.3 Å². The maximum atomic E-state index is 12.0. The smallest absolute Gasteiger partial charge is 0.307 e. The van der Waals surface area contributed by atoms with Gasteiger partial charge in [-0.15, -0.1) is 0 Å². The van der Waals surface area contributed by atoms with Crippen LogP contribution in [0.2, 0.25) is 0 Å². The largest absolute Gasteiger partial charge is 0.466 e. The van der Waals surface area contributed by atoms with Crippen LogP contribution in [0.1, 0.15) is 63.0 Å². The number of carbonyl (C=O) groups excluding carboxylic acids is 2. The second-order valence-corrected chi connectivity index (χ2v) is 5.69. The summed E-state index contributed by atoms with van der Waals surface area (Å²) < 4.78 is 10.1. The minimum atomic E-state index is -0.399. The van der Waals surface area contributed by atoms with Crippen LogP contribution in [0.25, 0.3) is 0 Å². The van der Waals surface area contributed by atoms with Gasteiger partial charge in [-0.25, -0.2) is 4.98 Å². The minimum absolute atomic E-state index is 0.108. The van der Waals surface area contributed by atoms with E-state index in [-0.39, 0.29) is 30.2 Å². The third-order valence-electron chi connectivity index (χ3n) is 2.95. The highest BCUT2D eigenvalue weighted by atomic mass is 16.5. The van der Waals surface area contributed by atoms with E-state index in [9.17, 15) is 9.59 Å². The zero-order valence-electron chi connectivity index (χ0n) is 13.6. The lowest BCUT2D eigenvalue weighted by atomic mass is 10.0. The Morgan fingerprint density at radius 1 is 1.41 bits per heavy atom. The fourth-order valence-electron chi connectivity index (χ4n) is 1.99. The molecular formula is C15H25N3O4. The number of hydrogen-bond acceptors (Lipinski definition) is 6. The number of esters is 1. The van der Waals surface area contributed by atoms with Gasteiger partial charge in [0.1, 0.15) is 6.26 Å². The Hall–Kier alpha value is -1.89. The SMILES string of the molecule is CCOC(=O)CC(C)NC(=O)c1coc(C(N)CC(C)C)n1. The average molecular weight is 311 g/mol. The summed E-state index contributed by atoms with van der Waals surface area (Å²) in [5, 5.41) is 2.68. The van der Waals surface area contributed by atoms with Gasteiger partial charge in [-0.1, -0.05) is 13.8 Å². The molecule has 0 bridgehead atoms. The Kier molecular flexibility index (Phi) is 7.04. The molecule has 0 spiro atoms. The molecule has 0 aliphatic carbocycles. The number of aromatic nitrogens is 1. The van der Waals surface area contributed by atoms with E-state index in [1.807, 2.05) is 13.8 Å². The molecule has 0 aromatic carbocycles. The number of carbonyl (C=O) groups is 2. The minimum Gasteiger partial charge on any atom is -0.466 e. The number of hydrogen-bond donors (Lipinski definition) is 2. The zero-order valence-corrected chi connectivity index (χ0v) is 13.6. The second kappa shape index (κ2) is 8.53. The van der Waals surface area contributed by atoms with Crippen LogP contribution in [0.5, 0.6) is 0 Å². The molecule has 0 radical (unpaired) electrons. The fourth-order valence-corrected chi connectivity index (χ4v) is 1.99. The molecule has 22 heavy (non-hydrogen) atoms. The highest BCUT2D eigenvalue weighted by Crippen LogP contribution is 2.18. The predicted molar refractivity (Wildman–Crippen MR) is 81.1 cm³/mol. The van der Waals surface area contributed by atoms with E-state index < -0.39 is 5.91 Å². The summed E-state index contributed by atoms with van der Waals surface area (Å²) in [4.78, 5) is 27.5. The molecule has 3 N–H and O–H groups in total. The molecule has 0 fully saturated rings. The Morgan fingerprint density at radius 2 is 2.09 bits per heavy atom. The van der Waals surface area contributed by atoms with E-state index >= 15 is 0 Å². The number of nitrogens with one attached hydrogen (secondary N) is 1. The summed E-state index contributed by atoms with van der Waals surface area (Å²) in [5.41, 5.74) is 6.12. The molecule has 0 aliphatic heterocycles. The Bertz CT molecular complexity index is 499. The second-order valence-electron chi connectivity index (χ2n) is 5.69. The van der Waals surface area contributed by atoms with Crippen LogP contribution in [-0.2, 0) is 9.53 Å². The lowest BCUT2D eigenvalue weighted by Gasteiger charge is -2.11. The van der Waals surface area contributed by atoms with Crippen molar-refractivity contribution < 1.29 is 18.7 Å². The quantitative estimate of drug-likeness (QED) is 0.709. The van der Waals surface area contributed by atoms with Gasteiger partial charge in [0.05, 0.1) is 19.1 Å². The number of amides is 1. The Balaban J connectivity index is 2.56. The molecular weight excluding hydrogens is 286 g/mol. The summed E-state index contributed by atoms with van der Waals surface area (Å²) in [5.74, 6) is -0.000634. The van der Waals surface area contributed by atoms with Gasteiger partial charge in [-0.3, -0.25) is 9.59 Å². The maximum Gasteiger partial charge on any atom is 0.307 e. The first-order valence-electron chi connectivity index (χ1n) is 7.50. The van der Waals surface area contributed by atoms with Crippen LogP contribution >= 0.6 is 0 Å². The third-order valence-corrected chi connectivity index (χ3v) is 2.95. The number of oxazole rings is 1. The Labute approximate surface area is 130 Å². The molecule has 7 nitrogen and oxygen atoms in total. The van der Waals surface area contributed by atoms with Gasteiger partial charge >= 0.3 is 5.97 Å². The van der Waals surface area contributed by atoms with Crippen molar-refractivity contribution in [1.82, 2.24) is 10.3 Å². The van der Waals surface area contributed by atoms with Crippen molar-refractivity contribution in [2.24, 2.45) is 11.7 Å². The average Bonchev–Trinajstić information content (AvgIpc) is 2.87. The van der Waals surface area contributed by atoms with E-state index in [0.717, 1.165) is 6.42 Å². The van der Waals surface area contributed by atoms with E-state index in [1.165, 1.54) is 6.26 Å². The first-order valence-corrected chi connectivity index (χ1v) is 7.50. The van der Waals surface area contributed by atoms with Gasteiger partial charge in [0.15, 0.2) is 5.69 Å². The topological polar surface area (TPSA) is 107 Å². The van der Waals surface area contributed by atoms with Crippen molar-refractivity contribution >= 4 is 11.9 Å². The van der Waals surface area contributed by atoms with Gasteiger partial charge in [0.2, 0.25) is 5.89 Å². The molecule has 124 valence electrons. The molecule has 0 aliphatic rings. The highest BCUT2D eigenvalue weighted by molar-refractivity contribution is 5.92. The van der Waals surface area contributed by atoms with Crippen LogP contribution < -0.4 is 11.1 Å². The van der Waals surface area contributed by atoms with Crippen LogP contribution in [0.15, 0.2) is 10.7 Å². The normalized spacial score (nSPS) is 13.7. The van der Waals surface area contributed by atoms with Crippen LogP contribution in [-0.4, -0.2) is 29.5 Å². The maximum absolute atomic E-state index is 12.0. The first-order chi connectivity index (χ1) is 10.3. The first kappa shape index (κ1) is 18.2. The molecule has 1 heterocycles. The van der Waals surface area contributed by atoms with Gasteiger partial charge in [-0.05, 0) is 26.2 Å². The van der Waals surface area contributed by atoms with Crippen molar-refractivity contribution in [3.05, 3.63) is 17.8 Å². The Morgan fingerprint density at radius 3 is 2.68 bits per heavy atom. The fraction of sp³-hybridized carbons (Fsp3) is 0.667. The van der Waals surface area contributed by atoms with Crippen LogP contribution in [0, 0.1) is 5.92 Å². The molecule has 1 aromatic rings. The standard InChI is InChI=1S/C15H25N3O4/c1-5-21-13(19)7-10(4)17-14(20)12-8-22-15(18-12)11(16)6-9(2)3/h8-11H,5-7,16H2,1-4H3,(H,17,20). The summed E-state index contributed by atoms with van der Waals surface area (Å²) in [6, 6.07) is -0.686. The van der Waals surface area contributed by atoms with Gasteiger partial charge in [0, 0.05) is 6.04 Å². The van der Waals surface area contributed by atoms with E-state index in [4.69, 9.17) is 14.9 Å². The molecule has 0 saturated heterocycles. The molecule has 1 aromatic heterocycles. The van der Waals surface area contributed by atoms with Gasteiger partial charge in [-0.2, -0.15) is 0 Å². The number of nitrogens with two attached hydrogens (primary N) is 1. The third kappa shape index (κ3) is 5.85. The predicted octanol–water partition coefficient (Wildman–Crippen LogP) is 1.79. The van der Waals surface area contributed by atoms with Gasteiger partial charge in [0.25, 0.3) is 5.91 Å². The summed E-state index contributed by atoms with van der Waals surface area (Å²) in [6.07, 6.45) is 2.11. The van der Waals surface area contributed by atoms with Crippen LogP contribution in [0.3, 0.4) is 0 Å². The number of rotatable bonds is 8. The van der Waals surface area contributed by atoms with Crippen molar-refractivity contribution in [2.75, 3.05) is 6.61 Å². The molecule has 7 heteroatoms. The summed E-state index contributed by atoms with van der Waals surface area (Å²) in [7, 11) is 0. The van der Waals surface area contributed by atoms with Crippen molar-refractivity contribution in [2.45, 2.75) is 52.6 Å². The molecule has 2 atom stereocenters. The molecule has 1 amide bonds. The van der Waals surface area contributed by atoms with Crippen molar-refractivity contribution in [3.63, 3.8) is 0 Å². The monoisotopic (exact) mass is 311 g/mol. The summed E-state index contributed by atoms with van der Waals surface area (Å²) >= 11 is 0. The molecule has 2 unspecified atom stereocenters. The molecule has 0 saturated carbocycles. The summed E-state index contributed by atoms with van der Waals surface area (Å²) in [6.45, 7) is 7.87. The number of nitrogens with zero attached hydrogens (tertiary/aromatic N) is 1. The number of ether oxygens (including phenoxy) is 1. The zero-order chi connectivity index (χ0) is 16.7. The van der Waals surface area contributed by atoms with Gasteiger partial charge < -0.3 is 20.2 Å².